The van der Waals surface area contributed by atoms with Crippen LogP contribution in [0.1, 0.15) is 18.2 Å². The second kappa shape index (κ2) is 6.57. The van der Waals surface area contributed by atoms with Crippen LogP contribution in [0.3, 0.4) is 0 Å². The van der Waals surface area contributed by atoms with Crippen LogP contribution in [0.2, 0.25) is 5.02 Å². The number of sulfone groups is 1. The minimum absolute atomic E-state index is 0.0443. The van der Waals surface area contributed by atoms with Gasteiger partial charge in [0.15, 0.2) is 9.84 Å². The molecule has 1 aromatic carbocycles. The molecule has 1 unspecified atom stereocenters. The minimum Gasteiger partial charge on any atom is -0.375 e. The Morgan fingerprint density at radius 3 is 2.74 bits per heavy atom. The fraction of sp³-hybridized carbons (Fsp3) is 0.471. The van der Waals surface area contributed by atoms with Crippen molar-refractivity contribution in [2.75, 3.05) is 32.6 Å². The number of carbonyl (C=O) groups excluding carboxylic acids is 1. The lowest BCUT2D eigenvalue weighted by molar-refractivity contribution is -0.140. The van der Waals surface area contributed by atoms with Crippen LogP contribution in [0.25, 0.3) is 11.4 Å². The number of benzene rings is 1. The van der Waals surface area contributed by atoms with E-state index >= 15 is 0 Å². The fourth-order valence-electron chi connectivity index (χ4n) is 3.81. The molecule has 0 N–H and O–H groups in total. The van der Waals surface area contributed by atoms with Crippen LogP contribution in [0.4, 0.5) is 0 Å². The Bertz CT molecular complexity index is 967. The van der Waals surface area contributed by atoms with Crippen molar-refractivity contribution in [3.8, 4) is 11.4 Å². The summed E-state index contributed by atoms with van der Waals surface area (Å²) >= 11 is 5.89. The van der Waals surface area contributed by atoms with Crippen LogP contribution >= 0.6 is 11.6 Å². The number of amides is 1. The van der Waals surface area contributed by atoms with Crippen molar-refractivity contribution in [1.29, 1.82) is 0 Å². The fourth-order valence-corrected chi connectivity index (χ4v) is 6.24. The molecule has 4 rings (SSSR count). The smallest absolute Gasteiger partial charge is 0.248 e. The van der Waals surface area contributed by atoms with Gasteiger partial charge in [-0.15, -0.1) is 0 Å². The van der Waals surface area contributed by atoms with Gasteiger partial charge in [0.25, 0.3) is 0 Å². The monoisotopic (exact) mass is 411 g/mol. The molecule has 0 radical (unpaired) electrons. The largest absolute Gasteiger partial charge is 0.375 e. The maximum atomic E-state index is 12.7. The normalized spacial score (nSPS) is 22.7. The van der Waals surface area contributed by atoms with E-state index in [9.17, 15) is 13.2 Å². The van der Waals surface area contributed by atoms with E-state index in [4.69, 9.17) is 20.9 Å². The Balaban J connectivity index is 1.60. The van der Waals surface area contributed by atoms with Crippen molar-refractivity contribution in [3.63, 3.8) is 0 Å². The van der Waals surface area contributed by atoms with E-state index in [1.165, 1.54) is 12.0 Å². The number of halogens is 1. The lowest BCUT2D eigenvalue weighted by Gasteiger charge is -2.48. The van der Waals surface area contributed by atoms with Gasteiger partial charge in [0.2, 0.25) is 17.6 Å². The standard InChI is InChI=1S/C17H18ClN3O5S/c1-25-8-14(22)21-9-17(10-21)13(6-7-27(17,23)24)16-19-15(20-26-16)11-2-4-12(18)5-3-11/h2-5,13H,6-10H2,1H3. The van der Waals surface area contributed by atoms with Gasteiger partial charge in [0.05, 0.1) is 11.7 Å². The Hall–Kier alpha value is -1.97. The molecule has 144 valence electrons. The molecular formula is C17H18ClN3O5S. The number of hydrogen-bond acceptors (Lipinski definition) is 7. The second-order valence-electron chi connectivity index (χ2n) is 6.87. The molecule has 2 aromatic rings. The molecule has 27 heavy (non-hydrogen) atoms. The van der Waals surface area contributed by atoms with E-state index < -0.39 is 20.5 Å². The summed E-state index contributed by atoms with van der Waals surface area (Å²) in [7, 11) is -1.94. The minimum atomic E-state index is -3.37. The summed E-state index contributed by atoms with van der Waals surface area (Å²) in [6.07, 6.45) is 0.400. The van der Waals surface area contributed by atoms with Crippen molar-refractivity contribution < 1.29 is 22.5 Å². The third-order valence-electron chi connectivity index (χ3n) is 5.31. The molecule has 2 aliphatic heterocycles. The molecule has 2 fully saturated rings. The summed E-state index contributed by atoms with van der Waals surface area (Å²) in [5, 5.41) is 4.59. The van der Waals surface area contributed by atoms with E-state index in [1.54, 1.807) is 24.3 Å². The first kappa shape index (κ1) is 18.4. The summed E-state index contributed by atoms with van der Waals surface area (Å²) in [4.78, 5) is 17.9. The zero-order valence-corrected chi connectivity index (χ0v) is 16.2. The Morgan fingerprint density at radius 2 is 2.07 bits per heavy atom. The lowest BCUT2D eigenvalue weighted by Crippen LogP contribution is -2.68. The predicted octanol–water partition coefficient (Wildman–Crippen LogP) is 1.52. The first-order valence-corrected chi connectivity index (χ1v) is 10.5. The van der Waals surface area contributed by atoms with Crippen LogP contribution in [-0.4, -0.2) is 66.7 Å². The maximum absolute atomic E-state index is 12.7. The quantitative estimate of drug-likeness (QED) is 0.751. The average Bonchev–Trinajstić information content (AvgIpc) is 3.16. The molecule has 2 aliphatic rings. The van der Waals surface area contributed by atoms with Gasteiger partial charge in [0.1, 0.15) is 11.4 Å². The highest BCUT2D eigenvalue weighted by molar-refractivity contribution is 7.93. The molecule has 10 heteroatoms. The predicted molar refractivity (Wildman–Crippen MR) is 97.1 cm³/mol. The van der Waals surface area contributed by atoms with Crippen LogP contribution in [-0.2, 0) is 19.4 Å². The summed E-state index contributed by atoms with van der Waals surface area (Å²) in [6, 6.07) is 6.98. The highest BCUT2D eigenvalue weighted by Crippen LogP contribution is 2.49. The number of likely N-dealkylation sites (tertiary alicyclic amines) is 1. The molecule has 1 amide bonds. The van der Waals surface area contributed by atoms with E-state index in [1.807, 2.05) is 0 Å². The van der Waals surface area contributed by atoms with Gasteiger partial charge in [-0.3, -0.25) is 4.79 Å². The summed E-state index contributed by atoms with van der Waals surface area (Å²) < 4.78 is 34.6. The van der Waals surface area contributed by atoms with E-state index in [-0.39, 0.29) is 31.4 Å². The van der Waals surface area contributed by atoms with Gasteiger partial charge in [-0.25, -0.2) is 8.42 Å². The molecule has 0 bridgehead atoms. The van der Waals surface area contributed by atoms with Crippen LogP contribution in [0, 0.1) is 0 Å². The Labute approximate surface area is 161 Å². The van der Waals surface area contributed by atoms with Gasteiger partial charge >= 0.3 is 0 Å². The maximum Gasteiger partial charge on any atom is 0.248 e. The van der Waals surface area contributed by atoms with Crippen molar-refractivity contribution >= 4 is 27.3 Å². The first-order valence-electron chi connectivity index (χ1n) is 8.45. The summed E-state index contributed by atoms with van der Waals surface area (Å²) in [5.74, 6) is 0.0643. The topological polar surface area (TPSA) is 103 Å². The number of ether oxygens (including phenoxy) is 1. The average molecular weight is 412 g/mol. The summed E-state index contributed by atoms with van der Waals surface area (Å²) in [6.45, 7) is 0.184. The molecule has 3 heterocycles. The lowest BCUT2D eigenvalue weighted by atomic mass is 9.83. The van der Waals surface area contributed by atoms with Gasteiger partial charge in [0, 0.05) is 30.8 Å². The zero-order chi connectivity index (χ0) is 19.2. The van der Waals surface area contributed by atoms with Gasteiger partial charge < -0.3 is 14.2 Å². The number of hydrogen-bond donors (Lipinski definition) is 0. The Kier molecular flexibility index (Phi) is 4.48. The van der Waals surface area contributed by atoms with Gasteiger partial charge in [-0.2, -0.15) is 4.98 Å². The van der Waals surface area contributed by atoms with Crippen LogP contribution in [0.5, 0.6) is 0 Å². The molecule has 1 aromatic heterocycles. The Morgan fingerprint density at radius 1 is 1.37 bits per heavy atom. The van der Waals surface area contributed by atoms with Crippen LogP contribution < -0.4 is 0 Å². The number of aromatic nitrogens is 2. The second-order valence-corrected chi connectivity index (χ2v) is 9.76. The highest BCUT2D eigenvalue weighted by atomic mass is 35.5. The SMILES string of the molecule is COCC(=O)N1CC2(C1)C(c1nc(-c3ccc(Cl)cc3)no1)CCS2(=O)=O. The van der Waals surface area contributed by atoms with Gasteiger partial charge in [-0.1, -0.05) is 16.8 Å². The molecular weight excluding hydrogens is 394 g/mol. The zero-order valence-electron chi connectivity index (χ0n) is 14.6. The number of carbonyl (C=O) groups is 1. The van der Waals surface area contributed by atoms with Crippen molar-refractivity contribution in [2.24, 2.45) is 0 Å². The number of methoxy groups -OCH3 is 1. The van der Waals surface area contributed by atoms with Crippen molar-refractivity contribution in [2.45, 2.75) is 17.1 Å². The third kappa shape index (κ3) is 2.94. The molecule has 0 saturated carbocycles. The third-order valence-corrected chi connectivity index (χ3v) is 8.12. The number of rotatable bonds is 4. The van der Waals surface area contributed by atoms with E-state index in [0.717, 1.165) is 5.56 Å². The van der Waals surface area contributed by atoms with Gasteiger partial charge in [-0.05, 0) is 30.7 Å². The molecule has 0 aliphatic carbocycles. The van der Waals surface area contributed by atoms with E-state index in [2.05, 4.69) is 10.1 Å². The summed E-state index contributed by atoms with van der Waals surface area (Å²) in [5.41, 5.74) is 0.731. The number of nitrogens with zero attached hydrogens (tertiary/aromatic N) is 3. The highest BCUT2D eigenvalue weighted by Gasteiger charge is 2.64. The molecule has 1 spiro atoms. The van der Waals surface area contributed by atoms with E-state index in [0.29, 0.717) is 23.2 Å². The molecule has 1 atom stereocenters. The first-order chi connectivity index (χ1) is 12.9. The van der Waals surface area contributed by atoms with Crippen LogP contribution in [0.15, 0.2) is 28.8 Å². The molecule has 2 saturated heterocycles. The van der Waals surface area contributed by atoms with Crippen molar-refractivity contribution in [1.82, 2.24) is 15.0 Å². The van der Waals surface area contributed by atoms with Crippen molar-refractivity contribution in [3.05, 3.63) is 35.2 Å². The molecule has 8 nitrogen and oxygen atoms in total.